The van der Waals surface area contributed by atoms with Crippen LogP contribution in [0.25, 0.3) is 0 Å². The molecule has 0 unspecified atom stereocenters. The third-order valence-corrected chi connectivity index (χ3v) is 4.16. The molecule has 0 bridgehead atoms. The molecule has 3 heteroatoms. The van der Waals surface area contributed by atoms with Crippen LogP contribution in [0.2, 0.25) is 0 Å². The zero-order valence-electron chi connectivity index (χ0n) is 13.2. The van der Waals surface area contributed by atoms with E-state index in [1.165, 1.54) is 37.8 Å². The van der Waals surface area contributed by atoms with E-state index in [1.807, 2.05) is 0 Å². The van der Waals surface area contributed by atoms with Gasteiger partial charge >= 0.3 is 0 Å². The van der Waals surface area contributed by atoms with Crippen LogP contribution in [0.5, 0.6) is 0 Å². The fourth-order valence-electron chi connectivity index (χ4n) is 3.19. The Morgan fingerprint density at radius 1 is 1.16 bits per heavy atom. The van der Waals surface area contributed by atoms with E-state index in [4.69, 9.17) is 10.7 Å². The van der Waals surface area contributed by atoms with E-state index in [0.717, 1.165) is 11.6 Å². The summed E-state index contributed by atoms with van der Waals surface area (Å²) >= 11 is 0. The molecule has 0 radical (unpaired) electrons. The Bertz CT molecular complexity index is 432. The molecule has 1 aliphatic carbocycles. The zero-order chi connectivity index (χ0) is 14.2. The fourth-order valence-corrected chi connectivity index (χ4v) is 3.19. The summed E-state index contributed by atoms with van der Waals surface area (Å²) in [6, 6.07) is 0.374. The van der Waals surface area contributed by atoms with Gasteiger partial charge in [0.05, 0.1) is 5.69 Å². The van der Waals surface area contributed by atoms with Gasteiger partial charge in [0.25, 0.3) is 0 Å². The Labute approximate surface area is 117 Å². The highest BCUT2D eigenvalue weighted by Gasteiger charge is 2.29. The second kappa shape index (κ2) is 5.18. The second-order valence-corrected chi connectivity index (χ2v) is 7.25. The molecule has 0 amide bonds. The highest BCUT2D eigenvalue weighted by molar-refractivity contribution is 5.42. The SMILES string of the molecule is CC(C)n1c(C(C)(C)C)nc(C2CCCCC2)c1N. The van der Waals surface area contributed by atoms with E-state index in [-0.39, 0.29) is 5.41 Å². The van der Waals surface area contributed by atoms with E-state index >= 15 is 0 Å². The van der Waals surface area contributed by atoms with Gasteiger partial charge in [-0.25, -0.2) is 4.98 Å². The molecule has 2 N–H and O–H groups in total. The highest BCUT2D eigenvalue weighted by Crippen LogP contribution is 2.38. The second-order valence-electron chi connectivity index (χ2n) is 7.25. The van der Waals surface area contributed by atoms with Crippen molar-refractivity contribution in [3.05, 3.63) is 11.5 Å². The normalized spacial score (nSPS) is 18.2. The van der Waals surface area contributed by atoms with Crippen LogP contribution in [-0.4, -0.2) is 9.55 Å². The molecule has 0 aliphatic heterocycles. The number of imidazole rings is 1. The van der Waals surface area contributed by atoms with Crippen molar-refractivity contribution >= 4 is 5.82 Å². The Morgan fingerprint density at radius 3 is 2.16 bits per heavy atom. The van der Waals surface area contributed by atoms with Gasteiger partial charge in [0.1, 0.15) is 11.6 Å². The first-order valence-electron chi connectivity index (χ1n) is 7.70. The zero-order valence-corrected chi connectivity index (χ0v) is 13.2. The molecule has 2 rings (SSSR count). The van der Waals surface area contributed by atoms with Gasteiger partial charge in [0, 0.05) is 17.4 Å². The first-order chi connectivity index (χ1) is 8.82. The number of nitrogen functional groups attached to an aromatic ring is 1. The summed E-state index contributed by atoms with van der Waals surface area (Å²) in [5.41, 5.74) is 7.65. The molecule has 108 valence electrons. The molecule has 0 saturated heterocycles. The number of nitrogens with two attached hydrogens (primary N) is 1. The average Bonchev–Trinajstić information content (AvgIpc) is 2.68. The number of nitrogens with zero attached hydrogens (tertiary/aromatic N) is 2. The minimum absolute atomic E-state index is 0.0469. The van der Waals surface area contributed by atoms with Gasteiger partial charge in [0.2, 0.25) is 0 Å². The van der Waals surface area contributed by atoms with Crippen LogP contribution < -0.4 is 5.73 Å². The van der Waals surface area contributed by atoms with Crippen molar-refractivity contribution in [1.82, 2.24) is 9.55 Å². The Morgan fingerprint density at radius 2 is 1.74 bits per heavy atom. The maximum Gasteiger partial charge on any atom is 0.127 e. The fraction of sp³-hybridized carbons (Fsp3) is 0.812. The molecule has 0 atom stereocenters. The summed E-state index contributed by atoms with van der Waals surface area (Å²) < 4.78 is 2.24. The largest absolute Gasteiger partial charge is 0.384 e. The highest BCUT2D eigenvalue weighted by atomic mass is 15.2. The Hall–Kier alpha value is -0.990. The molecule has 1 aromatic rings. The van der Waals surface area contributed by atoms with Gasteiger partial charge < -0.3 is 10.3 Å². The third-order valence-electron chi connectivity index (χ3n) is 4.16. The van der Waals surface area contributed by atoms with E-state index in [2.05, 4.69) is 39.2 Å². The van der Waals surface area contributed by atoms with Crippen LogP contribution in [0.3, 0.4) is 0 Å². The van der Waals surface area contributed by atoms with E-state index in [9.17, 15) is 0 Å². The van der Waals surface area contributed by atoms with Gasteiger partial charge in [-0.1, -0.05) is 40.0 Å². The summed E-state index contributed by atoms with van der Waals surface area (Å²) in [4.78, 5) is 4.96. The van der Waals surface area contributed by atoms with E-state index in [0.29, 0.717) is 12.0 Å². The van der Waals surface area contributed by atoms with Crippen molar-refractivity contribution in [3.63, 3.8) is 0 Å². The lowest BCUT2D eigenvalue weighted by Crippen LogP contribution is -2.21. The van der Waals surface area contributed by atoms with Crippen molar-refractivity contribution in [3.8, 4) is 0 Å². The van der Waals surface area contributed by atoms with E-state index < -0.39 is 0 Å². The number of aromatic nitrogens is 2. The van der Waals surface area contributed by atoms with Gasteiger partial charge in [0.15, 0.2) is 0 Å². The molecule has 1 heterocycles. The molecular weight excluding hydrogens is 234 g/mol. The monoisotopic (exact) mass is 263 g/mol. The van der Waals surface area contributed by atoms with Crippen LogP contribution in [0.15, 0.2) is 0 Å². The molecule has 1 fully saturated rings. The summed E-state index contributed by atoms with van der Waals surface area (Å²) in [6.45, 7) is 11.0. The Kier molecular flexibility index (Phi) is 3.93. The molecule has 1 saturated carbocycles. The van der Waals surface area contributed by atoms with Crippen LogP contribution in [0.1, 0.15) is 90.2 Å². The summed E-state index contributed by atoms with van der Waals surface area (Å²) in [5, 5.41) is 0. The predicted molar refractivity (Wildman–Crippen MR) is 81.6 cm³/mol. The smallest absolute Gasteiger partial charge is 0.127 e. The minimum Gasteiger partial charge on any atom is -0.384 e. The lowest BCUT2D eigenvalue weighted by Gasteiger charge is -2.22. The first kappa shape index (κ1) is 14.4. The van der Waals surface area contributed by atoms with Crippen LogP contribution in [0.4, 0.5) is 5.82 Å². The molecular formula is C16H29N3. The Balaban J connectivity index is 2.45. The van der Waals surface area contributed by atoms with Crippen LogP contribution in [0, 0.1) is 0 Å². The maximum atomic E-state index is 6.43. The topological polar surface area (TPSA) is 43.8 Å². The predicted octanol–water partition coefficient (Wildman–Crippen LogP) is 4.39. The van der Waals surface area contributed by atoms with Crippen molar-refractivity contribution < 1.29 is 0 Å². The summed E-state index contributed by atoms with van der Waals surface area (Å²) in [7, 11) is 0. The summed E-state index contributed by atoms with van der Waals surface area (Å²) in [5.74, 6) is 2.63. The van der Waals surface area contributed by atoms with Crippen molar-refractivity contribution in [1.29, 1.82) is 0 Å². The number of rotatable bonds is 2. The molecule has 3 nitrogen and oxygen atoms in total. The van der Waals surface area contributed by atoms with Crippen LogP contribution in [-0.2, 0) is 5.41 Å². The molecule has 1 aromatic heterocycles. The third kappa shape index (κ3) is 2.80. The van der Waals surface area contributed by atoms with Crippen molar-refractivity contribution in [2.45, 2.75) is 84.1 Å². The summed E-state index contributed by atoms with van der Waals surface area (Å²) in [6.07, 6.45) is 6.52. The minimum atomic E-state index is 0.0469. The standard InChI is InChI=1S/C16H29N3/c1-11(2)19-14(17)13(12-9-7-6-8-10-12)18-15(19)16(3,4)5/h11-12H,6-10,17H2,1-5H3. The lowest BCUT2D eigenvalue weighted by atomic mass is 9.87. The van der Waals surface area contributed by atoms with Crippen LogP contribution >= 0.6 is 0 Å². The quantitative estimate of drug-likeness (QED) is 0.860. The number of anilines is 1. The maximum absolute atomic E-state index is 6.43. The molecule has 0 aromatic carbocycles. The molecule has 0 spiro atoms. The molecule has 19 heavy (non-hydrogen) atoms. The van der Waals surface area contributed by atoms with Crippen molar-refractivity contribution in [2.24, 2.45) is 0 Å². The van der Waals surface area contributed by atoms with Gasteiger partial charge in [-0.2, -0.15) is 0 Å². The van der Waals surface area contributed by atoms with E-state index in [1.54, 1.807) is 0 Å². The van der Waals surface area contributed by atoms with Gasteiger partial charge in [-0.05, 0) is 26.7 Å². The van der Waals surface area contributed by atoms with Gasteiger partial charge in [-0.15, -0.1) is 0 Å². The number of hydrogen-bond acceptors (Lipinski definition) is 2. The average molecular weight is 263 g/mol. The first-order valence-corrected chi connectivity index (χ1v) is 7.70. The molecule has 1 aliphatic rings. The lowest BCUT2D eigenvalue weighted by molar-refractivity contribution is 0.436. The van der Waals surface area contributed by atoms with Gasteiger partial charge in [-0.3, -0.25) is 0 Å². The van der Waals surface area contributed by atoms with Crippen molar-refractivity contribution in [2.75, 3.05) is 5.73 Å². The number of hydrogen-bond donors (Lipinski definition) is 1.